The molecule has 0 bridgehead atoms. The quantitative estimate of drug-likeness (QED) is 0.640. The molecule has 1 amide bonds. The topological polar surface area (TPSA) is 72.8 Å². The summed E-state index contributed by atoms with van der Waals surface area (Å²) in [5, 5.41) is 4.26. The summed E-state index contributed by atoms with van der Waals surface area (Å²) < 4.78 is 13.2. The lowest BCUT2D eigenvalue weighted by Gasteiger charge is -2.44. The van der Waals surface area contributed by atoms with Crippen molar-refractivity contribution in [2.24, 2.45) is 0 Å². The Morgan fingerprint density at radius 2 is 1.84 bits per heavy atom. The zero-order chi connectivity index (χ0) is 22.3. The van der Waals surface area contributed by atoms with Gasteiger partial charge < -0.3 is 19.4 Å². The number of para-hydroxylation sites is 2. The second-order valence-electron chi connectivity index (χ2n) is 8.57. The van der Waals surface area contributed by atoms with Gasteiger partial charge in [0.1, 0.15) is 12.3 Å². The van der Waals surface area contributed by atoms with Gasteiger partial charge in [0.2, 0.25) is 0 Å². The normalized spacial score (nSPS) is 17.6. The number of hydrogen-bond donors (Lipinski definition) is 1. The number of fused-ring (bicyclic) bond motifs is 2. The van der Waals surface area contributed by atoms with Crippen molar-refractivity contribution in [2.75, 3.05) is 20.2 Å². The van der Waals surface area contributed by atoms with Gasteiger partial charge in [0, 0.05) is 49.1 Å². The van der Waals surface area contributed by atoms with Gasteiger partial charge in [0.15, 0.2) is 5.72 Å². The third-order valence-electron chi connectivity index (χ3n) is 6.70. The number of carbonyl (C=O) groups is 2. The van der Waals surface area contributed by atoms with Gasteiger partial charge in [-0.25, -0.2) is 0 Å². The maximum absolute atomic E-state index is 12.6. The van der Waals surface area contributed by atoms with Crippen LogP contribution < -0.4 is 10.1 Å². The van der Waals surface area contributed by atoms with E-state index in [4.69, 9.17) is 9.47 Å². The number of carbonyl (C=O) groups excluding carboxylic acids is 2. The SMILES string of the molecule is COC(=O)Cn1c(C)c(CN2CCC3(CC2)NC(=O)c2ccccc2O3)c2ccccc21. The smallest absolute Gasteiger partial charge is 0.325 e. The van der Waals surface area contributed by atoms with Crippen molar-refractivity contribution in [1.29, 1.82) is 0 Å². The van der Waals surface area contributed by atoms with E-state index in [1.54, 1.807) is 6.07 Å². The van der Waals surface area contributed by atoms with Gasteiger partial charge in [0.25, 0.3) is 5.91 Å². The molecule has 7 nitrogen and oxygen atoms in total. The number of nitrogens with zero attached hydrogens (tertiary/aromatic N) is 2. The van der Waals surface area contributed by atoms with E-state index in [1.165, 1.54) is 12.7 Å². The fourth-order valence-electron chi connectivity index (χ4n) is 4.88. The number of ether oxygens (including phenoxy) is 2. The molecule has 1 N–H and O–H groups in total. The molecular formula is C25H27N3O4. The van der Waals surface area contributed by atoms with E-state index in [0.717, 1.165) is 36.2 Å². The number of benzene rings is 2. The number of esters is 1. The van der Waals surface area contributed by atoms with Crippen molar-refractivity contribution in [2.45, 2.75) is 38.6 Å². The van der Waals surface area contributed by atoms with Crippen molar-refractivity contribution in [3.63, 3.8) is 0 Å². The highest BCUT2D eigenvalue weighted by Gasteiger charge is 2.42. The minimum atomic E-state index is -0.643. The van der Waals surface area contributed by atoms with Crippen molar-refractivity contribution in [1.82, 2.24) is 14.8 Å². The minimum absolute atomic E-state index is 0.0676. The molecule has 1 spiro atoms. The highest BCUT2D eigenvalue weighted by molar-refractivity contribution is 5.98. The summed E-state index contributed by atoms with van der Waals surface area (Å²) in [5.41, 5.74) is 3.29. The number of methoxy groups -OCH3 is 1. The molecular weight excluding hydrogens is 406 g/mol. The van der Waals surface area contributed by atoms with E-state index in [-0.39, 0.29) is 18.4 Å². The van der Waals surface area contributed by atoms with Crippen LogP contribution >= 0.6 is 0 Å². The highest BCUT2D eigenvalue weighted by atomic mass is 16.5. The van der Waals surface area contributed by atoms with Crippen LogP contribution in [0.15, 0.2) is 48.5 Å². The number of piperidine rings is 1. The Balaban J connectivity index is 1.35. The number of likely N-dealkylation sites (tertiary alicyclic amines) is 1. The molecule has 32 heavy (non-hydrogen) atoms. The minimum Gasteiger partial charge on any atom is -0.468 e. The lowest BCUT2D eigenvalue weighted by molar-refractivity contribution is -0.141. The van der Waals surface area contributed by atoms with Gasteiger partial charge in [-0.15, -0.1) is 0 Å². The molecule has 0 unspecified atom stereocenters. The monoisotopic (exact) mass is 433 g/mol. The summed E-state index contributed by atoms with van der Waals surface area (Å²) in [7, 11) is 1.42. The Morgan fingerprint density at radius 1 is 1.12 bits per heavy atom. The zero-order valence-corrected chi connectivity index (χ0v) is 18.4. The molecule has 1 fully saturated rings. The van der Waals surface area contributed by atoms with Gasteiger partial charge in [-0.05, 0) is 30.7 Å². The van der Waals surface area contributed by atoms with Crippen LogP contribution in [0.4, 0.5) is 0 Å². The first-order valence-electron chi connectivity index (χ1n) is 11.0. The maximum Gasteiger partial charge on any atom is 0.325 e. The Labute approximate surface area is 186 Å². The molecule has 5 rings (SSSR count). The second-order valence-corrected chi connectivity index (χ2v) is 8.57. The number of hydrogen-bond acceptors (Lipinski definition) is 5. The first-order chi connectivity index (χ1) is 15.5. The number of rotatable bonds is 4. The summed E-state index contributed by atoms with van der Waals surface area (Å²) >= 11 is 0. The molecule has 1 saturated heterocycles. The fraction of sp³-hybridized carbons (Fsp3) is 0.360. The summed E-state index contributed by atoms with van der Waals surface area (Å²) in [5.74, 6) is 0.333. The van der Waals surface area contributed by atoms with Crippen LogP contribution in [0, 0.1) is 6.92 Å². The lowest BCUT2D eigenvalue weighted by atomic mass is 9.96. The van der Waals surface area contributed by atoms with Crippen LogP contribution in [-0.2, 0) is 22.6 Å². The molecule has 3 heterocycles. The molecule has 0 saturated carbocycles. The van der Waals surface area contributed by atoms with Gasteiger partial charge in [-0.2, -0.15) is 0 Å². The van der Waals surface area contributed by atoms with Crippen LogP contribution in [0.3, 0.4) is 0 Å². The molecule has 2 aliphatic rings. The van der Waals surface area contributed by atoms with Gasteiger partial charge in [-0.1, -0.05) is 30.3 Å². The van der Waals surface area contributed by atoms with Crippen LogP contribution in [0.1, 0.15) is 34.5 Å². The maximum atomic E-state index is 12.6. The van der Waals surface area contributed by atoms with Gasteiger partial charge >= 0.3 is 5.97 Å². The van der Waals surface area contributed by atoms with E-state index in [9.17, 15) is 9.59 Å². The van der Waals surface area contributed by atoms with E-state index < -0.39 is 5.72 Å². The highest BCUT2D eigenvalue weighted by Crippen LogP contribution is 2.34. The van der Waals surface area contributed by atoms with Gasteiger partial charge in [0.05, 0.1) is 12.7 Å². The van der Waals surface area contributed by atoms with Crippen LogP contribution in [0.5, 0.6) is 5.75 Å². The van der Waals surface area contributed by atoms with Crippen molar-refractivity contribution in [3.8, 4) is 5.75 Å². The first-order valence-corrected chi connectivity index (χ1v) is 11.0. The number of aromatic nitrogens is 1. The molecule has 2 aromatic carbocycles. The molecule has 0 radical (unpaired) electrons. The average Bonchev–Trinajstić information content (AvgIpc) is 3.06. The lowest BCUT2D eigenvalue weighted by Crippen LogP contribution is -2.60. The van der Waals surface area contributed by atoms with Crippen LogP contribution in [-0.4, -0.2) is 47.3 Å². The average molecular weight is 434 g/mol. The van der Waals surface area contributed by atoms with E-state index in [0.29, 0.717) is 24.2 Å². The predicted octanol–water partition coefficient (Wildman–Crippen LogP) is 3.24. The van der Waals surface area contributed by atoms with E-state index in [2.05, 4.69) is 23.2 Å². The molecule has 0 aliphatic carbocycles. The molecule has 1 aromatic heterocycles. The van der Waals surface area contributed by atoms with E-state index >= 15 is 0 Å². The third-order valence-corrected chi connectivity index (χ3v) is 6.70. The van der Waals surface area contributed by atoms with Crippen molar-refractivity contribution >= 4 is 22.8 Å². The molecule has 2 aliphatic heterocycles. The van der Waals surface area contributed by atoms with Crippen LogP contribution in [0.25, 0.3) is 10.9 Å². The number of nitrogens with one attached hydrogen (secondary N) is 1. The van der Waals surface area contributed by atoms with Crippen molar-refractivity contribution in [3.05, 3.63) is 65.4 Å². The first kappa shape index (κ1) is 20.6. The molecule has 0 atom stereocenters. The zero-order valence-electron chi connectivity index (χ0n) is 18.4. The summed E-state index contributed by atoms with van der Waals surface area (Å²) in [6.07, 6.45) is 1.43. The standard InChI is InChI=1S/C25H27N3O4/c1-17-20(18-7-3-5-9-21(18)28(17)16-23(29)31-2)15-27-13-11-25(12-14-27)26-24(30)19-8-4-6-10-22(19)32-25/h3-10H,11-16H2,1-2H3,(H,26,30). The largest absolute Gasteiger partial charge is 0.468 e. The third kappa shape index (κ3) is 3.52. The van der Waals surface area contributed by atoms with Crippen molar-refractivity contribution < 1.29 is 19.1 Å². The Kier molecular flexibility index (Phi) is 5.13. The van der Waals surface area contributed by atoms with Crippen LogP contribution in [0.2, 0.25) is 0 Å². The Morgan fingerprint density at radius 3 is 2.62 bits per heavy atom. The summed E-state index contributed by atoms with van der Waals surface area (Å²) in [4.78, 5) is 26.9. The Bertz CT molecular complexity index is 1190. The van der Waals surface area contributed by atoms with E-state index in [1.807, 2.05) is 41.0 Å². The number of amides is 1. The molecule has 166 valence electrons. The Hall–Kier alpha value is -3.32. The molecule has 3 aromatic rings. The second kappa shape index (κ2) is 7.98. The van der Waals surface area contributed by atoms with Gasteiger partial charge in [-0.3, -0.25) is 14.5 Å². The fourth-order valence-corrected chi connectivity index (χ4v) is 4.88. The summed E-state index contributed by atoms with van der Waals surface area (Å²) in [6.45, 7) is 4.65. The summed E-state index contributed by atoms with van der Waals surface area (Å²) in [6, 6.07) is 15.6. The predicted molar refractivity (Wildman–Crippen MR) is 120 cm³/mol. The molecule has 7 heteroatoms.